The summed E-state index contributed by atoms with van der Waals surface area (Å²) in [5.41, 5.74) is 0.490. The first kappa shape index (κ1) is 22.0. The fourth-order valence-corrected chi connectivity index (χ4v) is 2.94. The number of carbonyl (C=O) groups excluding carboxylic acids is 3. The second kappa shape index (κ2) is 9.78. The van der Waals surface area contributed by atoms with Crippen LogP contribution in [-0.4, -0.2) is 31.4 Å². The number of Topliss-reactive ketones (excluding diaryl/α,β-unsaturated/α-hetero) is 1. The van der Waals surface area contributed by atoms with Gasteiger partial charge in [0.1, 0.15) is 11.3 Å². The summed E-state index contributed by atoms with van der Waals surface area (Å²) >= 11 is 17.9. The summed E-state index contributed by atoms with van der Waals surface area (Å²) < 4.78 is 10.2. The van der Waals surface area contributed by atoms with Crippen molar-refractivity contribution in [3.8, 4) is 5.75 Å². The minimum Gasteiger partial charge on any atom is -0.496 e. The summed E-state index contributed by atoms with van der Waals surface area (Å²) in [4.78, 5) is 36.2. The fraction of sp³-hybridized carbons (Fsp3) is 0.211. The average Bonchev–Trinajstić information content (AvgIpc) is 2.66. The number of nitrogens with one attached hydrogen (secondary N) is 1. The maximum absolute atomic E-state index is 12.4. The van der Waals surface area contributed by atoms with Gasteiger partial charge in [0.15, 0.2) is 6.61 Å². The average molecular weight is 445 g/mol. The Bertz CT molecular complexity index is 930. The Morgan fingerprint density at radius 2 is 1.71 bits per heavy atom. The van der Waals surface area contributed by atoms with E-state index in [-0.39, 0.29) is 39.2 Å². The quantitative estimate of drug-likeness (QED) is 0.478. The number of amides is 1. The predicted molar refractivity (Wildman–Crippen MR) is 108 cm³/mol. The molecule has 1 amide bonds. The molecule has 0 aliphatic carbocycles. The first-order valence-electron chi connectivity index (χ1n) is 8.09. The molecule has 0 fully saturated rings. The highest BCUT2D eigenvalue weighted by molar-refractivity contribution is 6.37. The molecule has 0 unspecified atom stereocenters. The minimum absolute atomic E-state index is 0.0111. The Hall–Kier alpha value is -2.28. The lowest BCUT2D eigenvalue weighted by Crippen LogP contribution is -2.16. The number of carbonyl (C=O) groups is 3. The van der Waals surface area contributed by atoms with Crippen LogP contribution in [0.4, 0.5) is 5.69 Å². The van der Waals surface area contributed by atoms with Crippen molar-refractivity contribution in [1.82, 2.24) is 0 Å². The van der Waals surface area contributed by atoms with E-state index in [9.17, 15) is 14.4 Å². The molecule has 6 nitrogen and oxygen atoms in total. The van der Waals surface area contributed by atoms with Crippen molar-refractivity contribution < 1.29 is 23.9 Å². The maximum atomic E-state index is 12.4. The highest BCUT2D eigenvalue weighted by atomic mass is 35.5. The van der Waals surface area contributed by atoms with Gasteiger partial charge in [-0.05, 0) is 24.3 Å². The number of rotatable bonds is 7. The number of hydrogen-bond acceptors (Lipinski definition) is 5. The molecule has 0 spiro atoms. The lowest BCUT2D eigenvalue weighted by molar-refractivity contribution is -0.115. The molecule has 0 atom stereocenters. The molecule has 28 heavy (non-hydrogen) atoms. The van der Waals surface area contributed by atoms with Gasteiger partial charge in [-0.2, -0.15) is 0 Å². The smallest absolute Gasteiger partial charge is 0.342 e. The molecule has 0 aliphatic rings. The Morgan fingerprint density at radius 1 is 1.00 bits per heavy atom. The van der Waals surface area contributed by atoms with E-state index in [0.717, 1.165) is 0 Å². The van der Waals surface area contributed by atoms with Crippen LogP contribution in [-0.2, 0) is 9.53 Å². The molecule has 0 aliphatic heterocycles. The number of anilines is 1. The molecule has 1 N–H and O–H groups in total. The van der Waals surface area contributed by atoms with E-state index < -0.39 is 18.4 Å². The molecule has 0 heterocycles. The number of ether oxygens (including phenoxy) is 2. The molecule has 9 heteroatoms. The number of methoxy groups -OCH3 is 1. The Kier molecular flexibility index (Phi) is 7.69. The van der Waals surface area contributed by atoms with E-state index in [1.165, 1.54) is 37.4 Å². The van der Waals surface area contributed by atoms with E-state index in [2.05, 4.69) is 5.32 Å². The van der Waals surface area contributed by atoms with Crippen LogP contribution in [0.1, 0.15) is 34.1 Å². The van der Waals surface area contributed by atoms with Gasteiger partial charge < -0.3 is 14.8 Å². The molecular formula is C19H16Cl3NO5. The molecule has 0 saturated heterocycles. The number of hydrogen-bond donors (Lipinski definition) is 1. The third kappa shape index (κ3) is 5.38. The number of esters is 1. The predicted octanol–water partition coefficient (Wildman–Crippen LogP) is 5.04. The summed E-state index contributed by atoms with van der Waals surface area (Å²) in [6, 6.07) is 7.08. The zero-order valence-corrected chi connectivity index (χ0v) is 17.2. The lowest BCUT2D eigenvalue weighted by atomic mass is 10.1. The summed E-state index contributed by atoms with van der Waals surface area (Å²) in [6.07, 6.45) is 0.262. The van der Waals surface area contributed by atoms with Gasteiger partial charge in [-0.1, -0.05) is 41.7 Å². The molecule has 0 saturated carbocycles. The minimum atomic E-state index is -0.814. The third-order valence-electron chi connectivity index (χ3n) is 3.67. The van der Waals surface area contributed by atoms with Gasteiger partial charge in [0.2, 0.25) is 11.7 Å². The molecule has 0 aromatic heterocycles. The fourth-order valence-electron chi connectivity index (χ4n) is 2.22. The Morgan fingerprint density at radius 3 is 2.32 bits per heavy atom. The zero-order chi connectivity index (χ0) is 20.8. The van der Waals surface area contributed by atoms with Crippen LogP contribution in [0.25, 0.3) is 0 Å². The standard InChI is InChI=1S/C19H16Cl3NO5/c1-3-18(25)23-15-8-17(27-2)12(7-14(15)22)19(26)28-9-16(24)11-5-4-10(20)6-13(11)21/h4-8H,3,9H2,1-2H3,(H,23,25). The van der Waals surface area contributed by atoms with Crippen molar-refractivity contribution in [2.45, 2.75) is 13.3 Å². The van der Waals surface area contributed by atoms with Crippen LogP contribution in [0, 0.1) is 0 Å². The van der Waals surface area contributed by atoms with Crippen molar-refractivity contribution in [2.24, 2.45) is 0 Å². The normalized spacial score (nSPS) is 10.3. The number of benzene rings is 2. The maximum Gasteiger partial charge on any atom is 0.342 e. The number of ketones is 1. The van der Waals surface area contributed by atoms with Gasteiger partial charge in [0.25, 0.3) is 0 Å². The second-order valence-electron chi connectivity index (χ2n) is 5.56. The molecular weight excluding hydrogens is 429 g/mol. The first-order chi connectivity index (χ1) is 13.3. The van der Waals surface area contributed by atoms with Crippen LogP contribution in [0.2, 0.25) is 15.1 Å². The van der Waals surface area contributed by atoms with E-state index in [1.807, 2.05) is 0 Å². The van der Waals surface area contributed by atoms with Crippen molar-refractivity contribution in [3.05, 3.63) is 56.5 Å². The summed E-state index contributed by atoms with van der Waals surface area (Å²) in [6.45, 7) is 1.16. The molecule has 2 rings (SSSR count). The largest absolute Gasteiger partial charge is 0.496 e. The van der Waals surface area contributed by atoms with Gasteiger partial charge in [0.05, 0.1) is 22.8 Å². The van der Waals surface area contributed by atoms with E-state index >= 15 is 0 Å². The third-order valence-corrected chi connectivity index (χ3v) is 4.53. The van der Waals surface area contributed by atoms with Gasteiger partial charge in [-0.15, -0.1) is 0 Å². The monoisotopic (exact) mass is 443 g/mol. The Balaban J connectivity index is 2.16. The van der Waals surface area contributed by atoms with Crippen molar-refractivity contribution >= 4 is 58.1 Å². The van der Waals surface area contributed by atoms with Crippen LogP contribution < -0.4 is 10.1 Å². The topological polar surface area (TPSA) is 81.7 Å². The molecule has 2 aromatic carbocycles. The molecule has 0 bridgehead atoms. The van der Waals surface area contributed by atoms with Crippen molar-refractivity contribution in [2.75, 3.05) is 19.0 Å². The lowest BCUT2D eigenvalue weighted by Gasteiger charge is -2.13. The van der Waals surface area contributed by atoms with Crippen molar-refractivity contribution in [3.63, 3.8) is 0 Å². The molecule has 2 aromatic rings. The van der Waals surface area contributed by atoms with Gasteiger partial charge >= 0.3 is 5.97 Å². The zero-order valence-electron chi connectivity index (χ0n) is 15.0. The summed E-state index contributed by atoms with van der Waals surface area (Å²) in [5, 5.41) is 3.27. The van der Waals surface area contributed by atoms with Gasteiger partial charge in [0, 0.05) is 23.1 Å². The van der Waals surface area contributed by atoms with E-state index in [4.69, 9.17) is 44.3 Å². The van der Waals surface area contributed by atoms with E-state index in [1.54, 1.807) is 6.92 Å². The van der Waals surface area contributed by atoms with Crippen LogP contribution in [0.15, 0.2) is 30.3 Å². The summed E-state index contributed by atoms with van der Waals surface area (Å²) in [5.74, 6) is -1.42. The SMILES string of the molecule is CCC(=O)Nc1cc(OC)c(C(=O)OCC(=O)c2ccc(Cl)cc2Cl)cc1Cl. The highest BCUT2D eigenvalue weighted by Gasteiger charge is 2.20. The van der Waals surface area contributed by atoms with Gasteiger partial charge in [-0.25, -0.2) is 4.79 Å². The Labute approximate surface area is 176 Å². The second-order valence-corrected chi connectivity index (χ2v) is 6.81. The number of halogens is 3. The van der Waals surface area contributed by atoms with Crippen molar-refractivity contribution in [1.29, 1.82) is 0 Å². The molecule has 0 radical (unpaired) electrons. The first-order valence-corrected chi connectivity index (χ1v) is 9.23. The summed E-state index contributed by atoms with van der Waals surface area (Å²) in [7, 11) is 1.35. The van der Waals surface area contributed by atoms with Crippen LogP contribution in [0.5, 0.6) is 5.75 Å². The van der Waals surface area contributed by atoms with Gasteiger partial charge in [-0.3, -0.25) is 9.59 Å². The molecule has 148 valence electrons. The van der Waals surface area contributed by atoms with E-state index in [0.29, 0.717) is 10.7 Å². The van der Waals surface area contributed by atoms with Crippen LogP contribution >= 0.6 is 34.8 Å². The highest BCUT2D eigenvalue weighted by Crippen LogP contribution is 2.31. The van der Waals surface area contributed by atoms with Crippen LogP contribution in [0.3, 0.4) is 0 Å².